The number of nitrogens with two attached hydrogens (primary N) is 1. The van der Waals surface area contributed by atoms with Crippen molar-refractivity contribution in [3.8, 4) is 11.3 Å². The minimum atomic E-state index is -0.992. The molecule has 2 aromatic carbocycles. The fourth-order valence-corrected chi connectivity index (χ4v) is 3.59. The molecule has 0 radical (unpaired) electrons. The van der Waals surface area contributed by atoms with E-state index in [1.165, 1.54) is 0 Å². The largest absolute Gasteiger partial charge is 0.361 e. The molecule has 0 atom stereocenters. The summed E-state index contributed by atoms with van der Waals surface area (Å²) in [4.78, 5) is 24.3. The third-order valence-electron chi connectivity index (χ3n) is 5.08. The van der Waals surface area contributed by atoms with Crippen molar-refractivity contribution < 1.29 is 13.6 Å². The number of benzene rings is 2. The zero-order chi connectivity index (χ0) is 22.9. The number of pyridine rings is 1. The molecule has 33 heavy (non-hydrogen) atoms. The second kappa shape index (κ2) is 8.15. The smallest absolute Gasteiger partial charge is 0.316 e. The van der Waals surface area contributed by atoms with Crippen LogP contribution in [-0.2, 0) is 6.54 Å². The normalized spacial score (nSPS) is 11.1. The lowest BCUT2D eigenvalue weighted by atomic mass is 10.1. The molecule has 0 saturated heterocycles. The van der Waals surface area contributed by atoms with Crippen molar-refractivity contribution in [3.05, 3.63) is 84.3 Å². The maximum atomic E-state index is 14.1. The topological polar surface area (TPSA) is 110 Å². The summed E-state index contributed by atoms with van der Waals surface area (Å²) in [6.45, 7) is 0.369. The van der Waals surface area contributed by atoms with Gasteiger partial charge in [-0.3, -0.25) is 9.38 Å². The van der Waals surface area contributed by atoms with Crippen molar-refractivity contribution in [2.24, 2.45) is 5.73 Å². The van der Waals surface area contributed by atoms with E-state index in [0.717, 1.165) is 23.4 Å². The van der Waals surface area contributed by atoms with Crippen LogP contribution in [0.25, 0.3) is 27.9 Å². The number of imidazole rings is 1. The van der Waals surface area contributed by atoms with E-state index in [4.69, 9.17) is 5.73 Å². The number of anilines is 2. The first-order chi connectivity index (χ1) is 16.0. The number of aromatic nitrogens is 4. The number of nitrogens with one attached hydrogen (secondary N) is 2. The summed E-state index contributed by atoms with van der Waals surface area (Å²) in [5, 5.41) is 5.69. The van der Waals surface area contributed by atoms with Gasteiger partial charge in [-0.25, -0.2) is 23.5 Å². The van der Waals surface area contributed by atoms with Crippen LogP contribution in [-0.4, -0.2) is 25.4 Å². The fraction of sp³-hybridized carbons (Fsp3) is 0.0435. The molecule has 4 N–H and O–H groups in total. The van der Waals surface area contributed by atoms with E-state index >= 15 is 0 Å². The molecule has 0 bridgehead atoms. The average molecular weight is 445 g/mol. The molecule has 5 rings (SSSR count). The van der Waals surface area contributed by atoms with Crippen molar-refractivity contribution in [2.45, 2.75) is 6.54 Å². The highest BCUT2D eigenvalue weighted by atomic mass is 19.2. The number of carbonyl (C=O) groups is 1. The highest BCUT2D eigenvalue weighted by Crippen LogP contribution is 2.30. The molecule has 0 spiro atoms. The van der Waals surface area contributed by atoms with E-state index in [2.05, 4.69) is 25.6 Å². The summed E-state index contributed by atoms with van der Waals surface area (Å²) >= 11 is 0. The third-order valence-corrected chi connectivity index (χ3v) is 5.08. The van der Waals surface area contributed by atoms with Crippen molar-refractivity contribution in [2.75, 3.05) is 10.6 Å². The van der Waals surface area contributed by atoms with Crippen LogP contribution in [0.15, 0.2) is 67.0 Å². The van der Waals surface area contributed by atoms with Gasteiger partial charge in [-0.2, -0.15) is 0 Å². The molecule has 0 aliphatic heterocycles. The Morgan fingerprint density at radius 1 is 1.03 bits per heavy atom. The number of nitrogens with zero attached hydrogens (tertiary/aromatic N) is 4. The van der Waals surface area contributed by atoms with Crippen LogP contribution in [0, 0.1) is 11.6 Å². The first-order valence-corrected chi connectivity index (χ1v) is 9.96. The first-order valence-electron chi connectivity index (χ1n) is 9.96. The standard InChI is InChI=1S/C23H17F2N7O/c24-16-9-18-19(10-17(16)25)32-20(13-4-6-14(7-5-13)30-23(26)33)12-29-22(32)21(31-18)28-11-15-3-1-2-8-27-15/h1-10,12H,11H2,(H,28,31)(H3,26,30,33). The molecule has 0 aliphatic carbocycles. The number of fused-ring (bicyclic) bond motifs is 3. The summed E-state index contributed by atoms with van der Waals surface area (Å²) in [6, 6.07) is 13.9. The van der Waals surface area contributed by atoms with E-state index in [1.54, 1.807) is 41.1 Å². The summed E-state index contributed by atoms with van der Waals surface area (Å²) < 4.78 is 29.9. The molecule has 8 nitrogen and oxygen atoms in total. The van der Waals surface area contributed by atoms with Crippen molar-refractivity contribution >= 4 is 34.2 Å². The van der Waals surface area contributed by atoms with Crippen LogP contribution < -0.4 is 16.4 Å². The molecule has 5 aromatic rings. The van der Waals surface area contributed by atoms with Crippen LogP contribution in [0.4, 0.5) is 25.1 Å². The van der Waals surface area contributed by atoms with Gasteiger partial charge in [-0.1, -0.05) is 18.2 Å². The highest BCUT2D eigenvalue weighted by Gasteiger charge is 2.17. The molecule has 164 valence electrons. The van der Waals surface area contributed by atoms with Gasteiger partial charge in [0.05, 0.1) is 35.2 Å². The van der Waals surface area contributed by atoms with Crippen molar-refractivity contribution in [1.82, 2.24) is 19.4 Å². The van der Waals surface area contributed by atoms with Gasteiger partial charge in [0, 0.05) is 29.6 Å². The Morgan fingerprint density at radius 3 is 2.55 bits per heavy atom. The molecule has 2 amide bonds. The Bertz CT molecular complexity index is 1480. The third kappa shape index (κ3) is 3.89. The quantitative estimate of drug-likeness (QED) is 0.373. The van der Waals surface area contributed by atoms with E-state index < -0.39 is 17.7 Å². The van der Waals surface area contributed by atoms with Gasteiger partial charge < -0.3 is 16.4 Å². The summed E-state index contributed by atoms with van der Waals surface area (Å²) in [7, 11) is 0. The van der Waals surface area contributed by atoms with Crippen LogP contribution in [0.2, 0.25) is 0 Å². The molecule has 0 saturated carbocycles. The van der Waals surface area contributed by atoms with E-state index in [9.17, 15) is 13.6 Å². The summed E-state index contributed by atoms with van der Waals surface area (Å²) in [5.74, 6) is -1.58. The molecule has 0 aliphatic rings. The van der Waals surface area contributed by atoms with Crippen molar-refractivity contribution in [1.29, 1.82) is 0 Å². The van der Waals surface area contributed by atoms with Crippen LogP contribution in [0.5, 0.6) is 0 Å². The zero-order valence-corrected chi connectivity index (χ0v) is 17.1. The number of primary amides is 1. The second-order valence-corrected chi connectivity index (χ2v) is 7.26. The van der Waals surface area contributed by atoms with E-state index in [1.807, 2.05) is 18.2 Å². The fourth-order valence-electron chi connectivity index (χ4n) is 3.59. The number of hydrogen-bond acceptors (Lipinski definition) is 5. The van der Waals surface area contributed by atoms with E-state index in [-0.39, 0.29) is 5.52 Å². The maximum absolute atomic E-state index is 14.1. The molecular weight excluding hydrogens is 428 g/mol. The SMILES string of the molecule is NC(=O)Nc1ccc(-c2cnc3c(NCc4ccccn4)nc4cc(F)c(F)cc4n23)cc1. The highest BCUT2D eigenvalue weighted by molar-refractivity contribution is 5.89. The number of rotatable bonds is 5. The number of hydrogen-bond donors (Lipinski definition) is 3. The Labute approximate surface area is 186 Å². The van der Waals surface area contributed by atoms with E-state index in [0.29, 0.717) is 34.9 Å². The van der Waals surface area contributed by atoms with Gasteiger partial charge in [0.1, 0.15) is 0 Å². The predicted molar refractivity (Wildman–Crippen MR) is 121 cm³/mol. The van der Waals surface area contributed by atoms with Crippen LogP contribution >= 0.6 is 0 Å². The van der Waals surface area contributed by atoms with Gasteiger partial charge in [0.2, 0.25) is 0 Å². The minimum Gasteiger partial charge on any atom is -0.361 e. The molecule has 3 heterocycles. The number of urea groups is 1. The van der Waals surface area contributed by atoms with Gasteiger partial charge in [-0.15, -0.1) is 0 Å². The lowest BCUT2D eigenvalue weighted by molar-refractivity contribution is 0.259. The number of carbonyl (C=O) groups excluding carboxylic acids is 1. The van der Waals surface area contributed by atoms with Gasteiger partial charge in [0.25, 0.3) is 0 Å². The minimum absolute atomic E-state index is 0.260. The molecular formula is C23H17F2N7O. The second-order valence-electron chi connectivity index (χ2n) is 7.26. The number of amides is 2. The number of halogens is 2. The Hall–Kier alpha value is -4.60. The van der Waals surface area contributed by atoms with Gasteiger partial charge in [-0.05, 0) is 24.3 Å². The monoisotopic (exact) mass is 445 g/mol. The molecule has 10 heteroatoms. The van der Waals surface area contributed by atoms with Gasteiger partial charge >= 0.3 is 6.03 Å². The Balaban J connectivity index is 1.65. The average Bonchev–Trinajstić information content (AvgIpc) is 3.25. The Kier molecular flexibility index (Phi) is 5.02. The summed E-state index contributed by atoms with van der Waals surface area (Å²) in [5.41, 5.74) is 8.91. The molecule has 0 unspecified atom stereocenters. The van der Waals surface area contributed by atoms with Gasteiger partial charge in [0.15, 0.2) is 23.1 Å². The first kappa shape index (κ1) is 20.3. The summed E-state index contributed by atoms with van der Waals surface area (Å²) in [6.07, 6.45) is 3.31. The van der Waals surface area contributed by atoms with Crippen LogP contribution in [0.3, 0.4) is 0 Å². The zero-order valence-electron chi connectivity index (χ0n) is 17.1. The Morgan fingerprint density at radius 2 is 1.82 bits per heavy atom. The predicted octanol–water partition coefficient (Wildman–Crippen LogP) is 4.33. The molecule has 3 aromatic heterocycles. The van der Waals surface area contributed by atoms with Crippen LogP contribution in [0.1, 0.15) is 5.69 Å². The lowest BCUT2D eigenvalue weighted by Gasteiger charge is -2.12. The maximum Gasteiger partial charge on any atom is 0.316 e. The molecule has 0 fully saturated rings. The van der Waals surface area contributed by atoms with Crippen molar-refractivity contribution in [3.63, 3.8) is 0 Å². The lowest BCUT2D eigenvalue weighted by Crippen LogP contribution is -2.19.